The molecule has 0 aliphatic rings. The molecule has 0 aromatic rings. The zero-order chi connectivity index (χ0) is 55.0. The van der Waals surface area contributed by atoms with Crippen molar-refractivity contribution in [1.29, 1.82) is 0 Å². The smallest absolute Gasteiger partial charge is 0.456 e. The minimum atomic E-state index is -4.47. The van der Waals surface area contributed by atoms with Gasteiger partial charge < -0.3 is 19.4 Å². The fourth-order valence-corrected chi connectivity index (χ4v) is 8.51. The number of esters is 1. The monoisotopic (exact) mass is 1060 g/mol. The second-order valence-electron chi connectivity index (χ2n) is 20.8. The summed E-state index contributed by atoms with van der Waals surface area (Å²) in [5, 5.41) is 3.02. The van der Waals surface area contributed by atoms with Gasteiger partial charge in [-0.05, 0) is 122 Å². The zero-order valence-electron chi connectivity index (χ0n) is 48.7. The number of phosphoric ester groups is 1. The number of hydrogen-bond donors (Lipinski definition) is 2. The molecule has 75 heavy (non-hydrogen) atoms. The Balaban J connectivity index is 5.40. The highest BCUT2D eigenvalue weighted by atomic mass is 31.2. The number of allylic oxidation sites excluding steroid dienone is 19. The first-order valence-electron chi connectivity index (χ1n) is 29.9. The van der Waals surface area contributed by atoms with Gasteiger partial charge >= 0.3 is 13.8 Å². The van der Waals surface area contributed by atoms with Crippen LogP contribution in [0.2, 0.25) is 0 Å². The summed E-state index contributed by atoms with van der Waals surface area (Å²) in [4.78, 5) is 37.6. The van der Waals surface area contributed by atoms with Gasteiger partial charge in [0.25, 0.3) is 0 Å². The van der Waals surface area contributed by atoms with Crippen LogP contribution in [0.25, 0.3) is 0 Å². The Labute approximate surface area is 461 Å². The van der Waals surface area contributed by atoms with Crippen molar-refractivity contribution in [3.8, 4) is 0 Å². The molecule has 1 amide bonds. The van der Waals surface area contributed by atoms with Crippen molar-refractivity contribution in [3.05, 3.63) is 122 Å². The maximum Gasteiger partial charge on any atom is 0.472 e. The Bertz CT molecular complexity index is 1700. The van der Waals surface area contributed by atoms with Crippen LogP contribution >= 0.6 is 7.82 Å². The second-order valence-corrected chi connectivity index (χ2v) is 22.2. The van der Waals surface area contributed by atoms with Gasteiger partial charge in [-0.25, -0.2) is 4.57 Å². The molecule has 3 atom stereocenters. The van der Waals surface area contributed by atoms with Gasteiger partial charge in [-0.3, -0.25) is 18.6 Å². The topological polar surface area (TPSA) is 111 Å². The number of carbonyl (C=O) groups is 2. The van der Waals surface area contributed by atoms with Crippen molar-refractivity contribution >= 4 is 19.7 Å². The van der Waals surface area contributed by atoms with E-state index in [9.17, 15) is 19.0 Å². The highest BCUT2D eigenvalue weighted by Gasteiger charge is 2.30. The van der Waals surface area contributed by atoms with E-state index in [4.69, 9.17) is 13.8 Å². The molecule has 0 bridgehead atoms. The molecule has 0 aliphatic heterocycles. The van der Waals surface area contributed by atoms with Gasteiger partial charge in [0.05, 0.1) is 33.8 Å². The fraction of sp³-hybridized carbons (Fsp3) is 0.662. The van der Waals surface area contributed by atoms with Gasteiger partial charge in [0.1, 0.15) is 19.3 Å². The van der Waals surface area contributed by atoms with E-state index in [-0.39, 0.29) is 37.9 Å². The maximum absolute atomic E-state index is 13.5. The molecule has 0 spiro atoms. The highest BCUT2D eigenvalue weighted by molar-refractivity contribution is 7.47. The van der Waals surface area contributed by atoms with Crippen molar-refractivity contribution in [1.82, 2.24) is 5.32 Å². The van der Waals surface area contributed by atoms with Gasteiger partial charge in [0.2, 0.25) is 5.91 Å². The van der Waals surface area contributed by atoms with Crippen LogP contribution in [0.3, 0.4) is 0 Å². The minimum Gasteiger partial charge on any atom is -0.456 e. The van der Waals surface area contributed by atoms with Crippen LogP contribution in [0, 0.1) is 0 Å². The molecule has 2 N–H and O–H groups in total. The number of phosphoric acid groups is 1. The molecular formula is C65H112N2O7P+. The van der Waals surface area contributed by atoms with E-state index in [0.29, 0.717) is 23.9 Å². The van der Waals surface area contributed by atoms with Crippen molar-refractivity contribution < 1.29 is 37.3 Å². The summed E-state index contributed by atoms with van der Waals surface area (Å²) < 4.78 is 30.6. The molecule has 0 saturated heterocycles. The van der Waals surface area contributed by atoms with E-state index in [2.05, 4.69) is 135 Å². The molecule has 0 saturated carbocycles. The van der Waals surface area contributed by atoms with Crippen LogP contribution in [0.4, 0.5) is 0 Å². The molecule has 0 aromatic carbocycles. The summed E-state index contributed by atoms with van der Waals surface area (Å²) >= 11 is 0. The van der Waals surface area contributed by atoms with Crippen molar-refractivity contribution in [3.63, 3.8) is 0 Å². The van der Waals surface area contributed by atoms with Crippen molar-refractivity contribution in [2.45, 2.75) is 238 Å². The number of rotatable bonds is 52. The molecule has 0 heterocycles. The third-order valence-corrected chi connectivity index (χ3v) is 13.4. The molecule has 9 nitrogen and oxygen atoms in total. The summed E-state index contributed by atoms with van der Waals surface area (Å²) in [5.41, 5.74) is 0. The van der Waals surface area contributed by atoms with Crippen molar-refractivity contribution in [2.24, 2.45) is 0 Å². The van der Waals surface area contributed by atoms with Crippen LogP contribution in [0.5, 0.6) is 0 Å². The Morgan fingerprint density at radius 1 is 0.480 bits per heavy atom. The third-order valence-electron chi connectivity index (χ3n) is 12.4. The van der Waals surface area contributed by atoms with Crippen LogP contribution in [-0.4, -0.2) is 74.3 Å². The maximum atomic E-state index is 13.5. The average molecular weight is 1060 g/mol. The molecule has 0 radical (unpaired) electrons. The van der Waals surface area contributed by atoms with Gasteiger partial charge in [0, 0.05) is 12.8 Å². The number of likely N-dealkylation sites (N-methyl/N-ethyl adjacent to an activating group) is 1. The zero-order valence-corrected chi connectivity index (χ0v) is 49.6. The number of quaternary nitrogens is 1. The number of nitrogens with zero attached hydrogens (tertiary/aromatic N) is 1. The second kappa shape index (κ2) is 53.8. The Kier molecular flexibility index (Phi) is 51.2. The largest absolute Gasteiger partial charge is 0.472 e. The van der Waals surface area contributed by atoms with E-state index in [1.54, 1.807) is 0 Å². The number of amides is 1. The molecule has 0 fully saturated rings. The predicted molar refractivity (Wildman–Crippen MR) is 323 cm³/mol. The average Bonchev–Trinajstić information content (AvgIpc) is 3.37. The Morgan fingerprint density at radius 3 is 1.32 bits per heavy atom. The first kappa shape index (κ1) is 71.4. The first-order chi connectivity index (χ1) is 36.4. The quantitative estimate of drug-likeness (QED) is 0.0205. The summed E-state index contributed by atoms with van der Waals surface area (Å²) in [5.74, 6) is -0.592. The molecular weight excluding hydrogens is 952 g/mol. The minimum absolute atomic E-state index is 0.0210. The molecule has 0 aliphatic carbocycles. The van der Waals surface area contributed by atoms with Crippen LogP contribution < -0.4 is 5.32 Å². The first-order valence-corrected chi connectivity index (χ1v) is 31.4. The molecule has 0 rings (SSSR count). The standard InChI is InChI=1S/C65H111N2O7P/c1-7-10-13-16-19-22-25-27-29-31-32-33-34-36-37-39-42-45-48-51-54-57-64(68)66-62(61-73-75(70,71)72-60-59-67(4,5)6)63(56-53-50-47-44-41-24-21-18-15-12-9-3)74-65(69)58-55-52-49-46-43-40-38-35-30-28-26-23-20-17-14-11-8-2/h10,13,19-20,22-23,27-30,32-33,36-38,40,42,45,53,56,62-63H,7-9,11-12,14-18,21,24-26,31,34-35,39,41,43-44,46-52,54-55,57-61H2,1-6H3,(H-,66,68,70,71)/p+1/b13-10-,22-19-,23-20-,29-27-,30-28-,33-32-,37-36-,40-38-,45-42-,56-53-. The number of hydrogen-bond acceptors (Lipinski definition) is 6. The predicted octanol–water partition coefficient (Wildman–Crippen LogP) is 18.3. The van der Waals surface area contributed by atoms with Gasteiger partial charge in [-0.1, -0.05) is 213 Å². The summed E-state index contributed by atoms with van der Waals surface area (Å²) in [6.45, 7) is 6.79. The van der Waals surface area contributed by atoms with E-state index < -0.39 is 20.0 Å². The molecule has 428 valence electrons. The van der Waals surface area contributed by atoms with E-state index in [1.807, 2.05) is 33.3 Å². The summed E-state index contributed by atoms with van der Waals surface area (Å²) in [7, 11) is 1.43. The lowest BCUT2D eigenvalue weighted by Crippen LogP contribution is -2.47. The number of ether oxygens (including phenoxy) is 1. The van der Waals surface area contributed by atoms with Crippen LogP contribution in [-0.2, 0) is 27.9 Å². The van der Waals surface area contributed by atoms with E-state index >= 15 is 0 Å². The number of unbranched alkanes of at least 4 members (excludes halogenated alkanes) is 18. The fourth-order valence-electron chi connectivity index (χ4n) is 7.77. The molecule has 0 aromatic heterocycles. The van der Waals surface area contributed by atoms with Gasteiger partial charge in [0.15, 0.2) is 0 Å². The Morgan fingerprint density at radius 2 is 0.853 bits per heavy atom. The lowest BCUT2D eigenvalue weighted by molar-refractivity contribution is -0.870. The van der Waals surface area contributed by atoms with E-state index in [1.165, 1.54) is 70.6 Å². The summed E-state index contributed by atoms with van der Waals surface area (Å²) in [6.07, 6.45) is 74.8. The lowest BCUT2D eigenvalue weighted by atomic mass is 10.1. The van der Waals surface area contributed by atoms with Gasteiger partial charge in [-0.15, -0.1) is 0 Å². The summed E-state index contributed by atoms with van der Waals surface area (Å²) in [6, 6.07) is -0.889. The van der Waals surface area contributed by atoms with Crippen molar-refractivity contribution in [2.75, 3.05) is 40.9 Å². The third kappa shape index (κ3) is 55.0. The SMILES string of the molecule is CC/C=C\C/C=C\C/C=C\C/C=C\C/C=C\C/C=C\CCCCC(=O)NC(COP(=O)(O)OCC[N+](C)(C)C)C(/C=C\CCCCCCCCCCC)OC(=O)CCCCCC/C=C\C/C=C\C/C=C\CCCCC. The van der Waals surface area contributed by atoms with Crippen LogP contribution in [0.1, 0.15) is 226 Å². The Hall–Kier alpha value is -3.59. The van der Waals surface area contributed by atoms with Crippen LogP contribution in [0.15, 0.2) is 122 Å². The lowest BCUT2D eigenvalue weighted by Gasteiger charge is -2.27. The van der Waals surface area contributed by atoms with E-state index in [0.717, 1.165) is 109 Å². The molecule has 10 heteroatoms. The normalized spacial score (nSPS) is 14.6. The molecule has 3 unspecified atom stereocenters. The number of nitrogens with one attached hydrogen (secondary N) is 1. The van der Waals surface area contributed by atoms with Gasteiger partial charge in [-0.2, -0.15) is 0 Å². The number of carbonyl (C=O) groups excluding carboxylic acids is 2. The highest BCUT2D eigenvalue weighted by Crippen LogP contribution is 2.43.